The standard InChI is InChI=1S/C14H17FN2S/c15-11-3-5-12(6-4-11)16-14(18)17-13-8-9-1-2-10(13)7-9/h3-6,9-10,13H,1-2,7-8H2,(H2,16,17,18)/t9-,10-,13+/m1/s1. The normalized spacial score (nSPS) is 29.3. The van der Waals surface area contributed by atoms with Crippen LogP contribution in [0.15, 0.2) is 24.3 Å². The van der Waals surface area contributed by atoms with E-state index in [1.165, 1.54) is 37.8 Å². The molecular formula is C14H17FN2S. The lowest BCUT2D eigenvalue weighted by molar-refractivity contribution is 0.392. The molecule has 96 valence electrons. The largest absolute Gasteiger partial charge is 0.359 e. The molecule has 0 amide bonds. The minimum Gasteiger partial charge on any atom is -0.359 e. The third kappa shape index (κ3) is 2.48. The highest BCUT2D eigenvalue weighted by Gasteiger charge is 2.39. The van der Waals surface area contributed by atoms with Crippen LogP contribution in [0, 0.1) is 17.7 Å². The molecule has 3 rings (SSSR count). The van der Waals surface area contributed by atoms with E-state index in [4.69, 9.17) is 12.2 Å². The maximum Gasteiger partial charge on any atom is 0.171 e. The molecule has 2 nitrogen and oxygen atoms in total. The van der Waals surface area contributed by atoms with Gasteiger partial charge in [0, 0.05) is 11.7 Å². The second kappa shape index (κ2) is 4.84. The summed E-state index contributed by atoms with van der Waals surface area (Å²) in [4.78, 5) is 0. The summed E-state index contributed by atoms with van der Waals surface area (Å²) >= 11 is 5.31. The van der Waals surface area contributed by atoms with Crippen molar-refractivity contribution in [3.63, 3.8) is 0 Å². The van der Waals surface area contributed by atoms with Crippen LogP contribution in [0.3, 0.4) is 0 Å². The molecule has 1 aromatic rings. The summed E-state index contributed by atoms with van der Waals surface area (Å²) in [6.45, 7) is 0. The molecule has 0 unspecified atom stereocenters. The van der Waals surface area contributed by atoms with E-state index in [1.807, 2.05) is 0 Å². The number of thiocarbonyl (C=S) groups is 1. The maximum absolute atomic E-state index is 12.8. The molecule has 18 heavy (non-hydrogen) atoms. The summed E-state index contributed by atoms with van der Waals surface area (Å²) < 4.78 is 12.8. The summed E-state index contributed by atoms with van der Waals surface area (Å²) in [5, 5.41) is 7.16. The smallest absolute Gasteiger partial charge is 0.171 e. The monoisotopic (exact) mass is 264 g/mol. The molecule has 0 aliphatic heterocycles. The van der Waals surface area contributed by atoms with Gasteiger partial charge in [0.15, 0.2) is 5.11 Å². The second-order valence-corrected chi connectivity index (χ2v) is 5.79. The number of halogens is 1. The fraction of sp³-hybridized carbons (Fsp3) is 0.500. The van der Waals surface area contributed by atoms with Crippen LogP contribution in [-0.2, 0) is 0 Å². The lowest BCUT2D eigenvalue weighted by Gasteiger charge is -2.24. The summed E-state index contributed by atoms with van der Waals surface area (Å²) in [6, 6.07) is 6.79. The number of fused-ring (bicyclic) bond motifs is 2. The van der Waals surface area contributed by atoms with Gasteiger partial charge in [0.2, 0.25) is 0 Å². The summed E-state index contributed by atoms with van der Waals surface area (Å²) in [6.07, 6.45) is 5.33. The van der Waals surface area contributed by atoms with Crippen molar-refractivity contribution in [1.29, 1.82) is 0 Å². The molecule has 2 N–H and O–H groups in total. The summed E-state index contributed by atoms with van der Waals surface area (Å²) in [5.41, 5.74) is 0.831. The fourth-order valence-electron chi connectivity index (χ4n) is 3.29. The number of rotatable bonds is 2. The number of hydrogen-bond donors (Lipinski definition) is 2. The van der Waals surface area contributed by atoms with Crippen LogP contribution in [0.1, 0.15) is 25.7 Å². The predicted octanol–water partition coefficient (Wildman–Crippen LogP) is 3.30. The Labute approximate surface area is 112 Å². The highest BCUT2D eigenvalue weighted by molar-refractivity contribution is 7.80. The maximum atomic E-state index is 12.8. The van der Waals surface area contributed by atoms with Crippen molar-refractivity contribution >= 4 is 23.0 Å². The number of anilines is 1. The Hall–Kier alpha value is -1.16. The average Bonchev–Trinajstić information content (AvgIpc) is 2.94. The van der Waals surface area contributed by atoms with E-state index in [-0.39, 0.29) is 5.82 Å². The third-order valence-corrected chi connectivity index (χ3v) is 4.38. The molecule has 3 atom stereocenters. The highest BCUT2D eigenvalue weighted by atomic mass is 32.1. The topological polar surface area (TPSA) is 24.1 Å². The Balaban J connectivity index is 1.54. The number of hydrogen-bond acceptors (Lipinski definition) is 1. The van der Waals surface area contributed by atoms with E-state index in [2.05, 4.69) is 10.6 Å². The molecule has 2 saturated carbocycles. The van der Waals surface area contributed by atoms with E-state index < -0.39 is 0 Å². The highest BCUT2D eigenvalue weighted by Crippen LogP contribution is 2.44. The second-order valence-electron chi connectivity index (χ2n) is 5.39. The Morgan fingerprint density at radius 3 is 2.56 bits per heavy atom. The zero-order valence-electron chi connectivity index (χ0n) is 10.2. The Bertz CT molecular complexity index is 446. The van der Waals surface area contributed by atoms with Gasteiger partial charge < -0.3 is 10.6 Å². The molecule has 0 heterocycles. The molecule has 2 aliphatic carbocycles. The Kier molecular flexibility index (Phi) is 3.20. The van der Waals surface area contributed by atoms with Crippen LogP contribution in [0.4, 0.5) is 10.1 Å². The molecule has 0 spiro atoms. The van der Waals surface area contributed by atoms with Gasteiger partial charge in [0.1, 0.15) is 5.82 Å². The van der Waals surface area contributed by atoms with Gasteiger partial charge in [-0.15, -0.1) is 0 Å². The van der Waals surface area contributed by atoms with Crippen molar-refractivity contribution < 1.29 is 4.39 Å². The SMILES string of the molecule is Fc1ccc(NC(=S)N[C@H]2C[C@@H]3CC[C@@H]2C3)cc1. The molecule has 2 fully saturated rings. The average molecular weight is 264 g/mol. The molecule has 1 aromatic carbocycles. The van der Waals surface area contributed by atoms with Crippen molar-refractivity contribution in [3.8, 4) is 0 Å². The number of nitrogens with one attached hydrogen (secondary N) is 2. The van der Waals surface area contributed by atoms with Crippen LogP contribution in [-0.4, -0.2) is 11.2 Å². The number of benzene rings is 1. The van der Waals surface area contributed by atoms with Gasteiger partial charge in [-0.05, 0) is 67.6 Å². The van der Waals surface area contributed by atoms with E-state index in [0.717, 1.165) is 17.5 Å². The first kappa shape index (κ1) is 11.9. The van der Waals surface area contributed by atoms with Gasteiger partial charge >= 0.3 is 0 Å². The minimum absolute atomic E-state index is 0.229. The molecule has 4 heteroatoms. The van der Waals surface area contributed by atoms with Crippen LogP contribution >= 0.6 is 12.2 Å². The molecular weight excluding hydrogens is 247 g/mol. The zero-order valence-corrected chi connectivity index (χ0v) is 11.0. The van der Waals surface area contributed by atoms with E-state index in [9.17, 15) is 4.39 Å². The van der Waals surface area contributed by atoms with Gasteiger partial charge in [0.25, 0.3) is 0 Å². The molecule has 2 aliphatic rings. The van der Waals surface area contributed by atoms with Crippen molar-refractivity contribution in [1.82, 2.24) is 5.32 Å². The van der Waals surface area contributed by atoms with Crippen LogP contribution in [0.2, 0.25) is 0 Å². The van der Waals surface area contributed by atoms with Crippen molar-refractivity contribution in [2.45, 2.75) is 31.7 Å². The lowest BCUT2D eigenvalue weighted by Crippen LogP contribution is -2.40. The first-order chi connectivity index (χ1) is 8.70. The molecule has 0 radical (unpaired) electrons. The van der Waals surface area contributed by atoms with Gasteiger partial charge in [-0.3, -0.25) is 0 Å². The van der Waals surface area contributed by atoms with E-state index >= 15 is 0 Å². The van der Waals surface area contributed by atoms with Gasteiger partial charge in [0.05, 0.1) is 0 Å². The third-order valence-electron chi connectivity index (χ3n) is 4.16. The quantitative estimate of drug-likeness (QED) is 0.801. The summed E-state index contributed by atoms with van der Waals surface area (Å²) in [7, 11) is 0. The van der Waals surface area contributed by atoms with Crippen LogP contribution in [0.25, 0.3) is 0 Å². The lowest BCUT2D eigenvalue weighted by atomic mass is 9.96. The van der Waals surface area contributed by atoms with Gasteiger partial charge in [-0.1, -0.05) is 6.42 Å². The molecule has 2 bridgehead atoms. The first-order valence-corrected chi connectivity index (χ1v) is 6.94. The Morgan fingerprint density at radius 1 is 1.17 bits per heavy atom. The van der Waals surface area contributed by atoms with Crippen molar-refractivity contribution in [2.75, 3.05) is 5.32 Å². The van der Waals surface area contributed by atoms with Gasteiger partial charge in [-0.25, -0.2) is 4.39 Å². The first-order valence-electron chi connectivity index (χ1n) is 6.54. The molecule has 0 saturated heterocycles. The van der Waals surface area contributed by atoms with Crippen molar-refractivity contribution in [2.24, 2.45) is 11.8 Å². The van der Waals surface area contributed by atoms with Crippen LogP contribution in [0.5, 0.6) is 0 Å². The predicted molar refractivity (Wildman–Crippen MR) is 75.0 cm³/mol. The van der Waals surface area contributed by atoms with Crippen molar-refractivity contribution in [3.05, 3.63) is 30.1 Å². The van der Waals surface area contributed by atoms with Gasteiger partial charge in [-0.2, -0.15) is 0 Å². The molecule has 0 aromatic heterocycles. The summed E-state index contributed by atoms with van der Waals surface area (Å²) in [5.74, 6) is 1.47. The zero-order chi connectivity index (χ0) is 12.5. The minimum atomic E-state index is -0.229. The van der Waals surface area contributed by atoms with Crippen LogP contribution < -0.4 is 10.6 Å². The fourth-order valence-corrected chi connectivity index (χ4v) is 3.56. The van der Waals surface area contributed by atoms with E-state index in [0.29, 0.717) is 11.2 Å². The van der Waals surface area contributed by atoms with E-state index in [1.54, 1.807) is 12.1 Å². The Morgan fingerprint density at radius 2 is 1.94 bits per heavy atom.